The van der Waals surface area contributed by atoms with Crippen LogP contribution in [-0.4, -0.2) is 18.0 Å². The maximum atomic E-state index is 13.6. The summed E-state index contributed by atoms with van der Waals surface area (Å²) in [6.45, 7) is 3.07. The fraction of sp³-hybridized carbons (Fsp3) is 0.333. The number of carbonyl (C=O) groups excluding carboxylic acids is 2. The van der Waals surface area contributed by atoms with Crippen molar-refractivity contribution >= 4 is 11.9 Å². The summed E-state index contributed by atoms with van der Waals surface area (Å²) >= 11 is 0. The van der Waals surface area contributed by atoms with Crippen molar-refractivity contribution in [3.63, 3.8) is 0 Å². The Morgan fingerprint density at radius 3 is 2.47 bits per heavy atom. The molecule has 0 saturated carbocycles. The molecule has 0 fully saturated rings. The minimum atomic E-state index is -0.979. The van der Waals surface area contributed by atoms with Gasteiger partial charge in [-0.15, -0.1) is 0 Å². The van der Waals surface area contributed by atoms with E-state index in [1.54, 1.807) is 6.92 Å². The lowest BCUT2D eigenvalue weighted by atomic mass is 10.1. The van der Waals surface area contributed by atoms with Crippen molar-refractivity contribution in [3.8, 4) is 5.75 Å². The summed E-state index contributed by atoms with van der Waals surface area (Å²) in [6.07, 6.45) is -0.979. The number of ether oxygens (including phenoxy) is 1. The normalized spacial score (nSPS) is 13.5. The standard InChI is InChI=1S/C12H16FN3O3/c1-6(14)9-4-3-8(5-10(9)13)19-7(2)11(17)16-12(15)18/h3-7H,14H2,1-2H3,(H3,15,16,17,18). The predicted molar refractivity (Wildman–Crippen MR) is 66.8 cm³/mol. The first-order valence-corrected chi connectivity index (χ1v) is 5.63. The lowest BCUT2D eigenvalue weighted by Crippen LogP contribution is -2.42. The number of imide groups is 1. The van der Waals surface area contributed by atoms with Crippen molar-refractivity contribution in [1.82, 2.24) is 5.32 Å². The topological polar surface area (TPSA) is 107 Å². The van der Waals surface area contributed by atoms with E-state index in [-0.39, 0.29) is 5.75 Å². The second-order valence-corrected chi connectivity index (χ2v) is 4.09. The van der Waals surface area contributed by atoms with Gasteiger partial charge in [0, 0.05) is 17.7 Å². The zero-order chi connectivity index (χ0) is 14.6. The molecular weight excluding hydrogens is 253 g/mol. The van der Waals surface area contributed by atoms with Crippen LogP contribution >= 0.6 is 0 Å². The van der Waals surface area contributed by atoms with Crippen LogP contribution in [0.1, 0.15) is 25.5 Å². The molecule has 104 valence electrons. The molecule has 19 heavy (non-hydrogen) atoms. The van der Waals surface area contributed by atoms with Gasteiger partial charge < -0.3 is 16.2 Å². The number of primary amides is 1. The Hall–Kier alpha value is -2.15. The molecular formula is C12H16FN3O3. The highest BCUT2D eigenvalue weighted by Gasteiger charge is 2.17. The van der Waals surface area contributed by atoms with Crippen LogP contribution in [0.25, 0.3) is 0 Å². The van der Waals surface area contributed by atoms with Gasteiger partial charge in [0.05, 0.1) is 0 Å². The van der Waals surface area contributed by atoms with Crippen molar-refractivity contribution in [1.29, 1.82) is 0 Å². The molecule has 6 nitrogen and oxygen atoms in total. The highest BCUT2D eigenvalue weighted by atomic mass is 19.1. The number of amides is 3. The molecule has 2 unspecified atom stereocenters. The van der Waals surface area contributed by atoms with Crippen LogP contribution < -0.4 is 21.5 Å². The van der Waals surface area contributed by atoms with Gasteiger partial charge in [0.25, 0.3) is 5.91 Å². The second-order valence-electron chi connectivity index (χ2n) is 4.09. The van der Waals surface area contributed by atoms with E-state index in [1.807, 2.05) is 5.32 Å². The number of halogens is 1. The van der Waals surface area contributed by atoms with Gasteiger partial charge >= 0.3 is 6.03 Å². The quantitative estimate of drug-likeness (QED) is 0.751. The summed E-state index contributed by atoms with van der Waals surface area (Å²) in [7, 11) is 0. The van der Waals surface area contributed by atoms with Crippen molar-refractivity contribution in [2.75, 3.05) is 0 Å². The number of rotatable bonds is 4. The molecule has 0 spiro atoms. The van der Waals surface area contributed by atoms with Crippen LogP contribution in [-0.2, 0) is 4.79 Å². The van der Waals surface area contributed by atoms with Gasteiger partial charge in [0.15, 0.2) is 6.10 Å². The van der Waals surface area contributed by atoms with Gasteiger partial charge in [-0.3, -0.25) is 10.1 Å². The Morgan fingerprint density at radius 2 is 2.00 bits per heavy atom. The SMILES string of the molecule is CC(Oc1ccc(C(C)N)c(F)c1)C(=O)NC(N)=O. The van der Waals surface area contributed by atoms with Crippen LogP contribution in [0, 0.1) is 5.82 Å². The highest BCUT2D eigenvalue weighted by Crippen LogP contribution is 2.21. The van der Waals surface area contributed by atoms with Crippen molar-refractivity contribution in [2.24, 2.45) is 11.5 Å². The lowest BCUT2D eigenvalue weighted by molar-refractivity contribution is -0.126. The van der Waals surface area contributed by atoms with Crippen molar-refractivity contribution < 1.29 is 18.7 Å². The molecule has 0 aliphatic heterocycles. The number of carbonyl (C=O) groups is 2. The van der Waals surface area contributed by atoms with Crippen LogP contribution in [0.3, 0.4) is 0 Å². The van der Waals surface area contributed by atoms with E-state index in [1.165, 1.54) is 19.1 Å². The zero-order valence-electron chi connectivity index (χ0n) is 10.6. The first-order valence-electron chi connectivity index (χ1n) is 5.63. The van der Waals surface area contributed by atoms with E-state index in [9.17, 15) is 14.0 Å². The lowest BCUT2D eigenvalue weighted by Gasteiger charge is -2.14. The van der Waals surface area contributed by atoms with Gasteiger partial charge in [-0.1, -0.05) is 6.07 Å². The Balaban J connectivity index is 2.75. The molecule has 7 heteroatoms. The minimum Gasteiger partial charge on any atom is -0.481 e. The molecule has 1 rings (SSSR count). The van der Waals surface area contributed by atoms with Crippen LogP contribution in [0.4, 0.5) is 9.18 Å². The number of benzene rings is 1. The third kappa shape index (κ3) is 4.22. The third-order valence-corrected chi connectivity index (χ3v) is 2.39. The highest BCUT2D eigenvalue weighted by molar-refractivity contribution is 5.95. The molecule has 0 saturated heterocycles. The zero-order valence-corrected chi connectivity index (χ0v) is 10.6. The summed E-state index contributed by atoms with van der Waals surface area (Å²) in [5.74, 6) is -1.06. The molecule has 2 atom stereocenters. The summed E-state index contributed by atoms with van der Waals surface area (Å²) < 4.78 is 18.8. The average Bonchev–Trinajstić information content (AvgIpc) is 2.27. The summed E-state index contributed by atoms with van der Waals surface area (Å²) in [6, 6.07) is 2.69. The molecule has 5 N–H and O–H groups in total. The van der Waals surface area contributed by atoms with Crippen LogP contribution in [0.15, 0.2) is 18.2 Å². The molecule has 0 bridgehead atoms. The number of urea groups is 1. The minimum absolute atomic E-state index is 0.161. The fourth-order valence-electron chi connectivity index (χ4n) is 1.43. The average molecular weight is 269 g/mol. The van der Waals surface area contributed by atoms with Crippen LogP contribution in [0.5, 0.6) is 5.75 Å². The number of hydrogen-bond donors (Lipinski definition) is 3. The van der Waals surface area contributed by atoms with E-state index in [0.717, 1.165) is 6.07 Å². The van der Waals surface area contributed by atoms with E-state index < -0.39 is 29.9 Å². The molecule has 0 aromatic heterocycles. The van der Waals surface area contributed by atoms with E-state index >= 15 is 0 Å². The van der Waals surface area contributed by atoms with Gasteiger partial charge in [0.2, 0.25) is 0 Å². The molecule has 0 heterocycles. The monoisotopic (exact) mass is 269 g/mol. The van der Waals surface area contributed by atoms with E-state index in [4.69, 9.17) is 16.2 Å². The largest absolute Gasteiger partial charge is 0.481 e. The van der Waals surface area contributed by atoms with E-state index in [0.29, 0.717) is 5.56 Å². The molecule has 0 aliphatic carbocycles. The predicted octanol–water partition coefficient (Wildman–Crippen LogP) is 0.808. The van der Waals surface area contributed by atoms with Gasteiger partial charge in [-0.25, -0.2) is 9.18 Å². The van der Waals surface area contributed by atoms with Gasteiger partial charge in [-0.05, 0) is 19.9 Å². The Labute approximate surface area is 109 Å². The molecule has 1 aromatic carbocycles. The van der Waals surface area contributed by atoms with E-state index in [2.05, 4.69) is 0 Å². The fourth-order valence-corrected chi connectivity index (χ4v) is 1.43. The Bertz CT molecular complexity index is 491. The first-order chi connectivity index (χ1) is 8.81. The second kappa shape index (κ2) is 6.14. The van der Waals surface area contributed by atoms with Crippen molar-refractivity contribution in [2.45, 2.75) is 26.0 Å². The summed E-state index contributed by atoms with van der Waals surface area (Å²) in [5, 5.41) is 1.87. The molecule has 0 aliphatic rings. The van der Waals surface area contributed by atoms with Gasteiger partial charge in [0.1, 0.15) is 11.6 Å². The number of nitrogens with one attached hydrogen (secondary N) is 1. The maximum absolute atomic E-state index is 13.6. The molecule has 1 aromatic rings. The summed E-state index contributed by atoms with van der Waals surface area (Å²) in [4.78, 5) is 21.9. The molecule has 0 radical (unpaired) electrons. The van der Waals surface area contributed by atoms with Gasteiger partial charge in [-0.2, -0.15) is 0 Å². The molecule has 3 amide bonds. The Morgan fingerprint density at radius 1 is 1.37 bits per heavy atom. The first kappa shape index (κ1) is 14.9. The maximum Gasteiger partial charge on any atom is 0.318 e. The van der Waals surface area contributed by atoms with Crippen molar-refractivity contribution in [3.05, 3.63) is 29.6 Å². The Kier molecular flexibility index (Phi) is 4.82. The van der Waals surface area contributed by atoms with Crippen LogP contribution in [0.2, 0.25) is 0 Å². The smallest absolute Gasteiger partial charge is 0.318 e. The third-order valence-electron chi connectivity index (χ3n) is 2.39. The number of nitrogens with two attached hydrogens (primary N) is 2. The summed E-state index contributed by atoms with van der Waals surface area (Å²) in [5.41, 5.74) is 10.7. The number of hydrogen-bond acceptors (Lipinski definition) is 4.